The number of esters is 1. The molecule has 3 aromatic rings. The third-order valence-electron chi connectivity index (χ3n) is 5.41. The molecule has 1 aliphatic heterocycles. The lowest BCUT2D eigenvalue weighted by molar-refractivity contribution is -0.137. The molecule has 1 aromatic heterocycles. The first-order chi connectivity index (χ1) is 17.5. The fourth-order valence-electron chi connectivity index (χ4n) is 3.75. The van der Waals surface area contributed by atoms with Crippen molar-refractivity contribution in [3.63, 3.8) is 0 Å². The Labute approximate surface area is 208 Å². The van der Waals surface area contributed by atoms with E-state index in [9.17, 15) is 10.1 Å². The number of rotatable bonds is 8. The summed E-state index contributed by atoms with van der Waals surface area (Å²) in [5, 5.41) is 10.2. The molecule has 0 saturated heterocycles. The van der Waals surface area contributed by atoms with E-state index in [1.165, 1.54) is 13.2 Å². The van der Waals surface area contributed by atoms with Gasteiger partial charge in [-0.1, -0.05) is 0 Å². The molecule has 36 heavy (non-hydrogen) atoms. The van der Waals surface area contributed by atoms with Crippen LogP contribution >= 0.6 is 0 Å². The van der Waals surface area contributed by atoms with Crippen LogP contribution in [-0.4, -0.2) is 38.6 Å². The van der Waals surface area contributed by atoms with Crippen LogP contribution in [0.1, 0.15) is 23.7 Å². The summed E-state index contributed by atoms with van der Waals surface area (Å²) in [7, 11) is 3.08. The largest absolute Gasteiger partial charge is 0.497 e. The van der Waals surface area contributed by atoms with Crippen molar-refractivity contribution in [3.8, 4) is 51.8 Å². The van der Waals surface area contributed by atoms with Crippen molar-refractivity contribution in [2.45, 2.75) is 13.8 Å². The number of aryl methyl sites for hydroxylation is 1. The quantitative estimate of drug-likeness (QED) is 0.318. The van der Waals surface area contributed by atoms with Crippen LogP contribution in [0.25, 0.3) is 17.2 Å². The number of pyridine rings is 1. The first kappa shape index (κ1) is 24.4. The van der Waals surface area contributed by atoms with E-state index in [0.29, 0.717) is 51.1 Å². The summed E-state index contributed by atoms with van der Waals surface area (Å²) in [6.45, 7) is 3.86. The number of nitriles is 1. The molecule has 0 atom stereocenters. The van der Waals surface area contributed by atoms with E-state index >= 15 is 0 Å². The number of carbonyl (C=O) groups is 1. The van der Waals surface area contributed by atoms with Gasteiger partial charge in [0.15, 0.2) is 11.5 Å². The molecule has 0 spiro atoms. The van der Waals surface area contributed by atoms with Gasteiger partial charge in [0, 0.05) is 40.6 Å². The molecular weight excluding hydrogens is 464 g/mol. The molecular formula is C27H24N2O7. The van der Waals surface area contributed by atoms with E-state index in [2.05, 4.69) is 11.1 Å². The second kappa shape index (κ2) is 10.7. The number of hydrogen-bond donors (Lipinski definition) is 0. The number of aromatic nitrogens is 1. The molecule has 1 aliphatic rings. The van der Waals surface area contributed by atoms with E-state index in [0.717, 1.165) is 0 Å². The van der Waals surface area contributed by atoms with E-state index in [1.54, 1.807) is 63.4 Å². The van der Waals surface area contributed by atoms with Gasteiger partial charge >= 0.3 is 5.97 Å². The highest BCUT2D eigenvalue weighted by Crippen LogP contribution is 2.43. The molecule has 2 heterocycles. The molecule has 184 valence electrons. The van der Waals surface area contributed by atoms with Gasteiger partial charge in [0.05, 0.1) is 20.8 Å². The molecule has 9 heteroatoms. The standard InChI is InChI=1S/C27H24N2O7/c1-5-33-25(30)11-9-19-16(2)29-27(36-18-7-10-22-24(13-18)35-15-34-22)21(14-28)26(19)20-8-6-17(31-3)12-23(20)32-4/h6-13H,5,15H2,1-4H3. The van der Waals surface area contributed by atoms with Crippen LogP contribution in [0.4, 0.5) is 0 Å². The lowest BCUT2D eigenvalue weighted by Crippen LogP contribution is -2.04. The maximum Gasteiger partial charge on any atom is 0.330 e. The number of nitrogens with zero attached hydrogens (tertiary/aromatic N) is 2. The highest BCUT2D eigenvalue weighted by molar-refractivity contribution is 5.92. The van der Waals surface area contributed by atoms with Crippen molar-refractivity contribution in [2.75, 3.05) is 27.6 Å². The van der Waals surface area contributed by atoms with Crippen LogP contribution in [0.15, 0.2) is 42.5 Å². The Balaban J connectivity index is 1.90. The number of hydrogen-bond acceptors (Lipinski definition) is 9. The Morgan fingerprint density at radius 1 is 1.11 bits per heavy atom. The predicted octanol–water partition coefficient (Wildman–Crippen LogP) is 5.04. The number of benzene rings is 2. The molecule has 4 rings (SSSR count). The van der Waals surface area contributed by atoms with Crippen molar-refractivity contribution >= 4 is 12.0 Å². The molecule has 2 aromatic carbocycles. The van der Waals surface area contributed by atoms with E-state index in [1.807, 2.05) is 0 Å². The summed E-state index contributed by atoms with van der Waals surface area (Å²) < 4.78 is 32.8. The SMILES string of the molecule is CCOC(=O)C=Cc1c(C)nc(Oc2ccc3c(c2)OCO3)c(C#N)c1-c1ccc(OC)cc1OC. The zero-order valence-electron chi connectivity index (χ0n) is 20.3. The fraction of sp³-hybridized carbons (Fsp3) is 0.222. The van der Waals surface area contributed by atoms with Crippen LogP contribution in [-0.2, 0) is 9.53 Å². The second-order valence-electron chi connectivity index (χ2n) is 7.55. The summed E-state index contributed by atoms with van der Waals surface area (Å²) in [6.07, 6.45) is 2.87. The van der Waals surface area contributed by atoms with Crippen molar-refractivity contribution in [2.24, 2.45) is 0 Å². The first-order valence-electron chi connectivity index (χ1n) is 11.1. The molecule has 0 amide bonds. The average Bonchev–Trinajstić information content (AvgIpc) is 3.35. The van der Waals surface area contributed by atoms with Gasteiger partial charge in [-0.05, 0) is 44.2 Å². The van der Waals surface area contributed by atoms with Gasteiger partial charge in [-0.2, -0.15) is 5.26 Å². The van der Waals surface area contributed by atoms with Crippen LogP contribution in [0.3, 0.4) is 0 Å². The first-order valence-corrected chi connectivity index (χ1v) is 11.1. The van der Waals surface area contributed by atoms with Crippen molar-refractivity contribution in [3.05, 3.63) is 59.3 Å². The monoisotopic (exact) mass is 488 g/mol. The highest BCUT2D eigenvalue weighted by Gasteiger charge is 2.24. The van der Waals surface area contributed by atoms with Crippen LogP contribution in [0, 0.1) is 18.3 Å². The topological polar surface area (TPSA) is 109 Å². The summed E-state index contributed by atoms with van der Waals surface area (Å²) >= 11 is 0. The van der Waals surface area contributed by atoms with Gasteiger partial charge in [-0.25, -0.2) is 9.78 Å². The number of fused-ring (bicyclic) bond motifs is 1. The zero-order valence-corrected chi connectivity index (χ0v) is 20.3. The Morgan fingerprint density at radius 3 is 2.61 bits per heavy atom. The van der Waals surface area contributed by atoms with Crippen molar-refractivity contribution in [1.82, 2.24) is 4.98 Å². The summed E-state index contributed by atoms with van der Waals surface area (Å²) in [4.78, 5) is 16.6. The fourth-order valence-corrected chi connectivity index (χ4v) is 3.75. The van der Waals surface area contributed by atoms with Gasteiger partial charge in [-0.15, -0.1) is 0 Å². The summed E-state index contributed by atoms with van der Waals surface area (Å²) in [5.74, 6) is 2.20. The molecule has 0 aliphatic carbocycles. The maximum atomic E-state index is 12.1. The Bertz CT molecular complexity index is 1380. The predicted molar refractivity (Wildman–Crippen MR) is 131 cm³/mol. The van der Waals surface area contributed by atoms with Gasteiger partial charge in [-0.3, -0.25) is 0 Å². The third-order valence-corrected chi connectivity index (χ3v) is 5.41. The lowest BCUT2D eigenvalue weighted by Gasteiger charge is -2.18. The minimum Gasteiger partial charge on any atom is -0.497 e. The highest BCUT2D eigenvalue weighted by atomic mass is 16.7. The zero-order chi connectivity index (χ0) is 25.7. The minimum absolute atomic E-state index is 0.0926. The molecule has 0 unspecified atom stereocenters. The molecule has 0 bridgehead atoms. The van der Waals surface area contributed by atoms with Crippen LogP contribution in [0.5, 0.6) is 34.6 Å². The summed E-state index contributed by atoms with van der Waals surface area (Å²) in [6, 6.07) is 12.6. The molecule has 0 saturated carbocycles. The normalized spacial score (nSPS) is 11.8. The average molecular weight is 488 g/mol. The van der Waals surface area contributed by atoms with Gasteiger partial charge in [0.1, 0.15) is 28.9 Å². The minimum atomic E-state index is -0.510. The molecule has 0 radical (unpaired) electrons. The smallest absolute Gasteiger partial charge is 0.330 e. The number of methoxy groups -OCH3 is 2. The maximum absolute atomic E-state index is 12.1. The Kier molecular flexibility index (Phi) is 7.25. The van der Waals surface area contributed by atoms with Crippen LogP contribution < -0.4 is 23.7 Å². The molecule has 9 nitrogen and oxygen atoms in total. The lowest BCUT2D eigenvalue weighted by atomic mass is 9.93. The van der Waals surface area contributed by atoms with Gasteiger partial charge < -0.3 is 28.4 Å². The van der Waals surface area contributed by atoms with Crippen molar-refractivity contribution in [1.29, 1.82) is 5.26 Å². The molecule has 0 fully saturated rings. The van der Waals surface area contributed by atoms with Crippen molar-refractivity contribution < 1.29 is 33.2 Å². The van der Waals surface area contributed by atoms with Gasteiger partial charge in [0.25, 0.3) is 0 Å². The Morgan fingerprint density at radius 2 is 1.89 bits per heavy atom. The van der Waals surface area contributed by atoms with E-state index < -0.39 is 5.97 Å². The third kappa shape index (κ3) is 4.88. The van der Waals surface area contributed by atoms with E-state index in [-0.39, 0.29) is 24.8 Å². The summed E-state index contributed by atoms with van der Waals surface area (Å²) in [5.41, 5.74) is 2.31. The second-order valence-corrected chi connectivity index (χ2v) is 7.55. The van der Waals surface area contributed by atoms with Crippen LogP contribution in [0.2, 0.25) is 0 Å². The Hall–Kier alpha value is -4.71. The number of ether oxygens (including phenoxy) is 6. The van der Waals surface area contributed by atoms with Gasteiger partial charge in [0.2, 0.25) is 12.7 Å². The van der Waals surface area contributed by atoms with E-state index in [4.69, 9.17) is 28.4 Å². The number of carbonyl (C=O) groups excluding carboxylic acids is 1. The molecule has 0 N–H and O–H groups in total.